The van der Waals surface area contributed by atoms with Crippen molar-refractivity contribution in [3.8, 4) is 0 Å². The van der Waals surface area contributed by atoms with Crippen LogP contribution in [0, 0.1) is 0 Å². The molecular formula is C14H15N5OS. The van der Waals surface area contributed by atoms with Gasteiger partial charge in [-0.25, -0.2) is 5.10 Å². The summed E-state index contributed by atoms with van der Waals surface area (Å²) in [5.41, 5.74) is 8.41. The highest BCUT2D eigenvalue weighted by Crippen LogP contribution is 2.24. The van der Waals surface area contributed by atoms with Crippen LogP contribution in [0.1, 0.15) is 22.8 Å². The Labute approximate surface area is 125 Å². The highest BCUT2D eigenvalue weighted by atomic mass is 32.2. The first-order valence-electron chi connectivity index (χ1n) is 6.62. The van der Waals surface area contributed by atoms with Gasteiger partial charge in [0.2, 0.25) is 11.1 Å². The number of carbonyl (C=O) groups is 1. The van der Waals surface area contributed by atoms with Crippen molar-refractivity contribution >= 4 is 34.4 Å². The minimum Gasteiger partial charge on any atom is -0.368 e. The predicted molar refractivity (Wildman–Crippen MR) is 83.5 cm³/mol. The van der Waals surface area contributed by atoms with Crippen LogP contribution in [0.15, 0.2) is 29.6 Å². The largest absolute Gasteiger partial charge is 0.368 e. The summed E-state index contributed by atoms with van der Waals surface area (Å²) in [6.45, 7) is 2.10. The number of ketones is 1. The third-order valence-electron chi connectivity index (χ3n) is 3.30. The van der Waals surface area contributed by atoms with Crippen LogP contribution in [0.4, 0.5) is 5.95 Å². The maximum atomic E-state index is 12.4. The second-order valence-electron chi connectivity index (χ2n) is 4.61. The minimum atomic E-state index is 0.0443. The van der Waals surface area contributed by atoms with E-state index in [0.29, 0.717) is 10.7 Å². The molecule has 0 saturated carbocycles. The Bertz CT molecular complexity index is 792. The number of para-hydroxylation sites is 1. The molecule has 0 radical (unpaired) electrons. The van der Waals surface area contributed by atoms with E-state index >= 15 is 0 Å². The maximum absolute atomic E-state index is 12.4. The molecular weight excluding hydrogens is 286 g/mol. The van der Waals surface area contributed by atoms with Gasteiger partial charge in [-0.05, 0) is 12.0 Å². The van der Waals surface area contributed by atoms with Crippen molar-refractivity contribution in [2.24, 2.45) is 0 Å². The second kappa shape index (κ2) is 5.61. The van der Waals surface area contributed by atoms with Crippen molar-refractivity contribution in [3.63, 3.8) is 0 Å². The molecule has 0 spiro atoms. The Morgan fingerprint density at radius 3 is 3.00 bits per heavy atom. The Kier molecular flexibility index (Phi) is 3.66. The number of hydrogen-bond donors (Lipinski definition) is 3. The molecule has 0 saturated heterocycles. The van der Waals surface area contributed by atoms with Crippen LogP contribution in [0.3, 0.4) is 0 Å². The summed E-state index contributed by atoms with van der Waals surface area (Å²) in [4.78, 5) is 19.5. The molecule has 0 bridgehead atoms. The fraction of sp³-hybridized carbons (Fsp3) is 0.214. The summed E-state index contributed by atoms with van der Waals surface area (Å²) in [6.07, 6.45) is 2.70. The van der Waals surface area contributed by atoms with Crippen LogP contribution in [-0.2, 0) is 6.42 Å². The number of aryl methyl sites for hydroxylation is 1. The van der Waals surface area contributed by atoms with E-state index in [9.17, 15) is 4.79 Å². The number of nitrogen functional groups attached to an aromatic ring is 1. The number of nitrogens with one attached hydrogen (secondary N) is 2. The zero-order valence-electron chi connectivity index (χ0n) is 11.5. The van der Waals surface area contributed by atoms with Gasteiger partial charge in [0.15, 0.2) is 5.78 Å². The Balaban J connectivity index is 1.81. The molecule has 0 aliphatic heterocycles. The number of carbonyl (C=O) groups excluding carboxylic acids is 1. The van der Waals surface area contributed by atoms with Crippen molar-refractivity contribution < 1.29 is 4.79 Å². The standard InChI is InChI=1S/C14H15N5OS/c1-2-8-4-3-5-9-10(6-16-12(8)9)11(20)7-21-14-17-13(15)18-19-14/h3-6,16H,2,7H2,1H3,(H3,15,17,18,19). The summed E-state index contributed by atoms with van der Waals surface area (Å²) in [5.74, 6) is 0.577. The van der Waals surface area contributed by atoms with Gasteiger partial charge in [0.1, 0.15) is 0 Å². The topological polar surface area (TPSA) is 100 Å². The van der Waals surface area contributed by atoms with Gasteiger partial charge in [-0.1, -0.05) is 36.9 Å². The number of thioether (sulfide) groups is 1. The van der Waals surface area contributed by atoms with E-state index in [1.165, 1.54) is 17.3 Å². The van der Waals surface area contributed by atoms with Gasteiger partial charge < -0.3 is 10.7 Å². The number of rotatable bonds is 5. The van der Waals surface area contributed by atoms with E-state index in [1.54, 1.807) is 6.20 Å². The quantitative estimate of drug-likeness (QED) is 0.496. The van der Waals surface area contributed by atoms with Gasteiger partial charge in [0.05, 0.1) is 5.75 Å². The fourth-order valence-electron chi connectivity index (χ4n) is 2.27. The van der Waals surface area contributed by atoms with Gasteiger partial charge in [0, 0.05) is 22.7 Å². The average Bonchev–Trinajstić information content (AvgIpc) is 3.10. The molecule has 2 heterocycles. The first kappa shape index (κ1) is 13.7. The third kappa shape index (κ3) is 2.64. The molecule has 0 aliphatic carbocycles. The Hall–Kier alpha value is -2.28. The zero-order chi connectivity index (χ0) is 14.8. The van der Waals surface area contributed by atoms with E-state index in [4.69, 9.17) is 5.73 Å². The van der Waals surface area contributed by atoms with Crippen LogP contribution >= 0.6 is 11.8 Å². The fourth-order valence-corrected chi connectivity index (χ4v) is 2.96. The van der Waals surface area contributed by atoms with Gasteiger partial charge >= 0.3 is 0 Å². The van der Waals surface area contributed by atoms with E-state index in [0.717, 1.165) is 17.3 Å². The van der Waals surface area contributed by atoms with Crippen molar-refractivity contribution in [1.29, 1.82) is 0 Å². The monoisotopic (exact) mass is 301 g/mol. The molecule has 0 aliphatic rings. The SMILES string of the molecule is CCc1cccc2c(C(=O)CSc3n[nH]c(N)n3)c[nH]c12. The van der Waals surface area contributed by atoms with E-state index in [2.05, 4.69) is 33.2 Å². The van der Waals surface area contributed by atoms with Crippen LogP contribution in [0.2, 0.25) is 0 Å². The second-order valence-corrected chi connectivity index (χ2v) is 5.55. The lowest BCUT2D eigenvalue weighted by atomic mass is 10.1. The molecule has 0 unspecified atom stereocenters. The van der Waals surface area contributed by atoms with E-state index in [-0.39, 0.29) is 17.5 Å². The lowest BCUT2D eigenvalue weighted by Gasteiger charge is -2.00. The number of benzene rings is 1. The number of nitrogens with two attached hydrogens (primary N) is 1. The molecule has 1 aromatic carbocycles. The first-order valence-corrected chi connectivity index (χ1v) is 7.60. The van der Waals surface area contributed by atoms with Crippen molar-refractivity contribution in [3.05, 3.63) is 35.5 Å². The van der Waals surface area contributed by atoms with Crippen LogP contribution in [-0.4, -0.2) is 31.7 Å². The van der Waals surface area contributed by atoms with Crippen LogP contribution < -0.4 is 5.73 Å². The smallest absolute Gasteiger partial charge is 0.216 e. The molecule has 108 valence electrons. The summed E-state index contributed by atoms with van der Waals surface area (Å²) in [5, 5.41) is 7.90. The first-order chi connectivity index (χ1) is 10.2. The lowest BCUT2D eigenvalue weighted by Crippen LogP contribution is -2.01. The summed E-state index contributed by atoms with van der Waals surface area (Å²) >= 11 is 1.27. The lowest BCUT2D eigenvalue weighted by molar-refractivity contribution is 0.102. The third-order valence-corrected chi connectivity index (χ3v) is 4.14. The summed E-state index contributed by atoms with van der Waals surface area (Å²) in [7, 11) is 0. The molecule has 0 amide bonds. The van der Waals surface area contributed by atoms with E-state index < -0.39 is 0 Å². The van der Waals surface area contributed by atoms with Gasteiger partial charge in [-0.2, -0.15) is 4.98 Å². The number of Topliss-reactive ketones (excluding diaryl/α,β-unsaturated/α-hetero) is 1. The van der Waals surface area contributed by atoms with Gasteiger partial charge in [-0.15, -0.1) is 5.10 Å². The molecule has 4 N–H and O–H groups in total. The molecule has 21 heavy (non-hydrogen) atoms. The van der Waals surface area contributed by atoms with Gasteiger partial charge in [-0.3, -0.25) is 4.79 Å². The number of H-pyrrole nitrogens is 2. The highest BCUT2D eigenvalue weighted by Gasteiger charge is 2.14. The molecule has 6 nitrogen and oxygen atoms in total. The molecule has 3 rings (SSSR count). The summed E-state index contributed by atoms with van der Waals surface area (Å²) < 4.78 is 0. The zero-order valence-corrected chi connectivity index (χ0v) is 12.3. The van der Waals surface area contributed by atoms with Crippen molar-refractivity contribution in [2.45, 2.75) is 18.5 Å². The predicted octanol–water partition coefficient (Wildman–Crippen LogP) is 2.41. The van der Waals surface area contributed by atoms with Crippen LogP contribution in [0.5, 0.6) is 0 Å². The van der Waals surface area contributed by atoms with Crippen molar-refractivity contribution in [2.75, 3.05) is 11.5 Å². The van der Waals surface area contributed by atoms with E-state index in [1.807, 2.05) is 12.1 Å². The average molecular weight is 301 g/mol. The molecule has 2 aromatic heterocycles. The Morgan fingerprint density at radius 2 is 2.29 bits per heavy atom. The van der Waals surface area contributed by atoms with Crippen LogP contribution in [0.25, 0.3) is 10.9 Å². The number of aromatic amines is 2. The van der Waals surface area contributed by atoms with Gasteiger partial charge in [0.25, 0.3) is 0 Å². The number of fused-ring (bicyclic) bond motifs is 1. The number of hydrogen-bond acceptors (Lipinski definition) is 5. The Morgan fingerprint density at radius 1 is 1.43 bits per heavy atom. The minimum absolute atomic E-state index is 0.0443. The molecule has 3 aromatic rings. The highest BCUT2D eigenvalue weighted by molar-refractivity contribution is 7.99. The number of aromatic nitrogens is 4. The number of nitrogens with zero attached hydrogens (tertiary/aromatic N) is 2. The molecule has 0 fully saturated rings. The molecule has 7 heteroatoms. The van der Waals surface area contributed by atoms with Crippen molar-refractivity contribution in [1.82, 2.24) is 20.2 Å². The normalized spacial score (nSPS) is 11.1. The summed E-state index contributed by atoms with van der Waals surface area (Å²) in [6, 6.07) is 6.01. The number of anilines is 1. The molecule has 0 atom stereocenters. The maximum Gasteiger partial charge on any atom is 0.216 e.